The predicted octanol–water partition coefficient (Wildman–Crippen LogP) is 4.19. The van der Waals surface area contributed by atoms with Crippen LogP contribution in [-0.2, 0) is 4.74 Å². The summed E-state index contributed by atoms with van der Waals surface area (Å²) in [5.41, 5.74) is 3.75. The number of ether oxygens (including phenoxy) is 1. The summed E-state index contributed by atoms with van der Waals surface area (Å²) in [6, 6.07) is 5.46. The van der Waals surface area contributed by atoms with Gasteiger partial charge < -0.3 is 9.72 Å². The molecule has 1 aliphatic heterocycles. The van der Waals surface area contributed by atoms with Crippen molar-refractivity contribution in [3.05, 3.63) is 58.0 Å². The number of nitrogens with one attached hydrogen (secondary N) is 1. The molecule has 2 aromatic heterocycles. The van der Waals surface area contributed by atoms with Crippen molar-refractivity contribution in [1.29, 1.82) is 0 Å². The van der Waals surface area contributed by atoms with E-state index in [1.54, 1.807) is 24.7 Å². The number of aliphatic imine (C=N–C) groups is 1. The average molecular weight is 345 g/mol. The molecule has 0 fully saturated rings. The van der Waals surface area contributed by atoms with Gasteiger partial charge in [0, 0.05) is 35.9 Å². The number of nitrogens with zero attached hydrogens (tertiary/aromatic N) is 3. The van der Waals surface area contributed by atoms with E-state index < -0.39 is 0 Å². The minimum absolute atomic E-state index is 0.240. The minimum atomic E-state index is 0.240. The van der Waals surface area contributed by atoms with Gasteiger partial charge in [0.05, 0.1) is 15.6 Å². The van der Waals surface area contributed by atoms with Crippen LogP contribution in [-0.4, -0.2) is 27.9 Å². The number of aromatic nitrogens is 3. The number of rotatable bonds is 2. The molecule has 0 aliphatic carbocycles. The lowest BCUT2D eigenvalue weighted by Gasteiger charge is -2.17. The van der Waals surface area contributed by atoms with Crippen LogP contribution >= 0.6 is 23.2 Å². The number of allylic oxidation sites excluding steroid dienone is 1. The fourth-order valence-electron chi connectivity index (χ4n) is 2.52. The van der Waals surface area contributed by atoms with Crippen molar-refractivity contribution in [1.82, 2.24) is 15.0 Å². The molecule has 3 aromatic rings. The highest BCUT2D eigenvalue weighted by Crippen LogP contribution is 2.36. The van der Waals surface area contributed by atoms with Gasteiger partial charge in [0.1, 0.15) is 11.3 Å². The van der Waals surface area contributed by atoms with E-state index >= 15 is 0 Å². The molecule has 7 heteroatoms. The van der Waals surface area contributed by atoms with Gasteiger partial charge in [-0.25, -0.2) is 4.98 Å². The average Bonchev–Trinajstić information content (AvgIpc) is 3.01. The Morgan fingerprint density at radius 1 is 1.09 bits per heavy atom. The summed E-state index contributed by atoms with van der Waals surface area (Å²) in [5.74, 6) is 0.649. The molecule has 1 N–H and O–H groups in total. The van der Waals surface area contributed by atoms with E-state index in [0.29, 0.717) is 21.5 Å². The molecule has 3 heterocycles. The quantitative estimate of drug-likeness (QED) is 0.757. The molecule has 4 rings (SSSR count). The van der Waals surface area contributed by atoms with E-state index in [0.717, 1.165) is 22.2 Å². The van der Waals surface area contributed by atoms with E-state index in [9.17, 15) is 0 Å². The standard InChI is InChI=1S/C16H10Cl2N4O/c17-12-3-1-2-9(13(12)18)10-6-19-8-23-15(10)11-7-22-16-14(11)20-4-5-21-16/h1-7H,8H2,(H,21,22). The normalized spacial score (nSPS) is 14.3. The van der Waals surface area contributed by atoms with Gasteiger partial charge in [-0.05, 0) is 6.07 Å². The van der Waals surface area contributed by atoms with Gasteiger partial charge in [-0.1, -0.05) is 35.3 Å². The summed E-state index contributed by atoms with van der Waals surface area (Å²) < 4.78 is 5.78. The van der Waals surface area contributed by atoms with Gasteiger partial charge in [0.2, 0.25) is 0 Å². The Bertz CT molecular complexity index is 962. The van der Waals surface area contributed by atoms with Crippen LogP contribution in [0.5, 0.6) is 0 Å². The second kappa shape index (κ2) is 5.68. The van der Waals surface area contributed by atoms with E-state index in [4.69, 9.17) is 27.9 Å². The van der Waals surface area contributed by atoms with Crippen molar-refractivity contribution in [2.24, 2.45) is 4.99 Å². The third-order valence-corrected chi connectivity index (χ3v) is 4.36. The Hall–Kier alpha value is -2.37. The highest BCUT2D eigenvalue weighted by atomic mass is 35.5. The summed E-state index contributed by atoms with van der Waals surface area (Å²) in [6.45, 7) is 0.240. The SMILES string of the molecule is Clc1cccc(C2=C(c3c[nH]c4nccnc34)OCN=C2)c1Cl. The van der Waals surface area contributed by atoms with Gasteiger partial charge in [0.15, 0.2) is 12.4 Å². The molecule has 0 saturated carbocycles. The van der Waals surface area contributed by atoms with Crippen molar-refractivity contribution in [2.75, 3.05) is 6.73 Å². The van der Waals surface area contributed by atoms with Gasteiger partial charge >= 0.3 is 0 Å². The van der Waals surface area contributed by atoms with E-state index in [1.807, 2.05) is 18.3 Å². The van der Waals surface area contributed by atoms with Crippen molar-refractivity contribution >= 4 is 51.9 Å². The maximum atomic E-state index is 6.35. The van der Waals surface area contributed by atoms with Crippen molar-refractivity contribution in [3.63, 3.8) is 0 Å². The van der Waals surface area contributed by atoms with Gasteiger partial charge in [-0.15, -0.1) is 0 Å². The second-order valence-electron chi connectivity index (χ2n) is 4.89. The molecule has 5 nitrogen and oxygen atoms in total. The Kier molecular flexibility index (Phi) is 3.52. The van der Waals surface area contributed by atoms with Gasteiger partial charge in [-0.3, -0.25) is 9.98 Å². The summed E-state index contributed by atoms with van der Waals surface area (Å²) in [7, 11) is 0. The predicted molar refractivity (Wildman–Crippen MR) is 91.6 cm³/mol. The lowest BCUT2D eigenvalue weighted by molar-refractivity contribution is 0.289. The second-order valence-corrected chi connectivity index (χ2v) is 5.67. The van der Waals surface area contributed by atoms with Crippen LogP contribution in [0.15, 0.2) is 41.8 Å². The van der Waals surface area contributed by atoms with Crippen molar-refractivity contribution in [2.45, 2.75) is 0 Å². The van der Waals surface area contributed by atoms with E-state index in [2.05, 4.69) is 19.9 Å². The van der Waals surface area contributed by atoms with Crippen LogP contribution in [0.3, 0.4) is 0 Å². The van der Waals surface area contributed by atoms with Crippen LogP contribution in [0, 0.1) is 0 Å². The smallest absolute Gasteiger partial charge is 0.179 e. The molecule has 114 valence electrons. The maximum Gasteiger partial charge on any atom is 0.179 e. The summed E-state index contributed by atoms with van der Waals surface area (Å²) in [6.07, 6.45) is 6.83. The van der Waals surface area contributed by atoms with E-state index in [1.165, 1.54) is 0 Å². The molecular formula is C16H10Cl2N4O. The zero-order chi connectivity index (χ0) is 15.8. The zero-order valence-corrected chi connectivity index (χ0v) is 13.3. The highest BCUT2D eigenvalue weighted by Gasteiger charge is 2.21. The molecule has 0 amide bonds. The molecule has 1 aromatic carbocycles. The topological polar surface area (TPSA) is 63.2 Å². The Labute approximate surface area is 141 Å². The lowest BCUT2D eigenvalue weighted by atomic mass is 10.0. The van der Waals surface area contributed by atoms with Crippen LogP contribution < -0.4 is 0 Å². The number of hydrogen-bond acceptors (Lipinski definition) is 4. The molecule has 0 saturated heterocycles. The third kappa shape index (κ3) is 2.38. The molecule has 0 unspecified atom stereocenters. The molecule has 0 atom stereocenters. The van der Waals surface area contributed by atoms with Crippen molar-refractivity contribution < 1.29 is 4.74 Å². The summed E-state index contributed by atoms with van der Waals surface area (Å²) in [4.78, 5) is 15.9. The number of hydrogen-bond donors (Lipinski definition) is 1. The molecule has 0 radical (unpaired) electrons. The number of H-pyrrole nitrogens is 1. The van der Waals surface area contributed by atoms with Crippen LogP contribution in [0.1, 0.15) is 11.1 Å². The molecule has 1 aliphatic rings. The minimum Gasteiger partial charge on any atom is -0.470 e. The number of halogens is 2. The zero-order valence-electron chi connectivity index (χ0n) is 11.8. The van der Waals surface area contributed by atoms with Gasteiger partial charge in [0.25, 0.3) is 0 Å². The van der Waals surface area contributed by atoms with Crippen molar-refractivity contribution in [3.8, 4) is 0 Å². The fourth-order valence-corrected chi connectivity index (χ4v) is 2.92. The monoisotopic (exact) mass is 344 g/mol. The van der Waals surface area contributed by atoms with E-state index in [-0.39, 0.29) is 6.73 Å². The first-order valence-corrected chi connectivity index (χ1v) is 7.61. The fraction of sp³-hybridized carbons (Fsp3) is 0.0625. The summed E-state index contributed by atoms with van der Waals surface area (Å²) in [5, 5.41) is 0.943. The molecule has 23 heavy (non-hydrogen) atoms. The number of benzene rings is 1. The van der Waals surface area contributed by atoms with Crippen LogP contribution in [0.25, 0.3) is 22.5 Å². The lowest BCUT2D eigenvalue weighted by Crippen LogP contribution is -2.05. The third-order valence-electron chi connectivity index (χ3n) is 3.54. The van der Waals surface area contributed by atoms with Crippen LogP contribution in [0.4, 0.5) is 0 Å². The Morgan fingerprint density at radius 3 is 2.87 bits per heavy atom. The number of aromatic amines is 1. The first kappa shape index (κ1) is 14.2. The molecule has 0 bridgehead atoms. The summed E-state index contributed by atoms with van der Waals surface area (Å²) >= 11 is 12.5. The Balaban J connectivity index is 1.98. The Morgan fingerprint density at radius 2 is 1.96 bits per heavy atom. The first-order valence-electron chi connectivity index (χ1n) is 6.85. The van der Waals surface area contributed by atoms with Gasteiger partial charge in [-0.2, -0.15) is 0 Å². The molecule has 0 spiro atoms. The molecular weight excluding hydrogens is 335 g/mol. The van der Waals surface area contributed by atoms with Crippen LogP contribution in [0.2, 0.25) is 10.0 Å². The highest BCUT2D eigenvalue weighted by molar-refractivity contribution is 6.44. The number of fused-ring (bicyclic) bond motifs is 1. The maximum absolute atomic E-state index is 6.35. The first-order chi connectivity index (χ1) is 11.3. The largest absolute Gasteiger partial charge is 0.470 e.